The van der Waals surface area contributed by atoms with E-state index in [1.807, 2.05) is 20.8 Å². The molecule has 1 N–H and O–H groups in total. The summed E-state index contributed by atoms with van der Waals surface area (Å²) >= 11 is 1.67. The van der Waals surface area contributed by atoms with Crippen LogP contribution in [0.5, 0.6) is 5.75 Å². The van der Waals surface area contributed by atoms with Crippen molar-refractivity contribution in [2.75, 3.05) is 13.2 Å². The molecule has 4 nitrogen and oxygen atoms in total. The maximum Gasteiger partial charge on any atom is 0.240 e. The fourth-order valence-corrected chi connectivity index (χ4v) is 6.02. The second-order valence-corrected chi connectivity index (χ2v) is 9.69. The molecule has 0 radical (unpaired) electrons. The number of hydrogen-bond donors (Lipinski definition) is 1. The van der Waals surface area contributed by atoms with Gasteiger partial charge in [-0.3, -0.25) is 0 Å². The van der Waals surface area contributed by atoms with E-state index in [1.54, 1.807) is 23.5 Å². The molecular formula is C20H27NO3S2. The van der Waals surface area contributed by atoms with Crippen molar-refractivity contribution < 1.29 is 13.2 Å². The molecule has 0 bridgehead atoms. The topological polar surface area (TPSA) is 55.4 Å². The monoisotopic (exact) mass is 393 g/mol. The summed E-state index contributed by atoms with van der Waals surface area (Å²) in [5, 5.41) is 4.23. The molecule has 0 atom stereocenters. The van der Waals surface area contributed by atoms with Crippen LogP contribution in [-0.2, 0) is 15.4 Å². The normalized spacial score (nSPS) is 16.7. The standard InChI is InChI=1S/C20H27NO3S2/c1-4-24-19-15(2)11-18(12-16(19)3)26(22,23)21-14-20(8-5-6-9-20)17-7-10-25-13-17/h7,10-13,21H,4-6,8-9,14H2,1-3H3. The van der Waals surface area contributed by atoms with Crippen LogP contribution in [0.1, 0.15) is 49.3 Å². The van der Waals surface area contributed by atoms with Gasteiger partial charge in [-0.25, -0.2) is 13.1 Å². The number of rotatable bonds is 7. The second kappa shape index (κ2) is 7.71. The van der Waals surface area contributed by atoms with Gasteiger partial charge in [0.2, 0.25) is 10.0 Å². The van der Waals surface area contributed by atoms with Gasteiger partial charge in [0.15, 0.2) is 0 Å². The Morgan fingerprint density at radius 1 is 1.19 bits per heavy atom. The van der Waals surface area contributed by atoms with E-state index in [0.717, 1.165) is 42.6 Å². The fourth-order valence-electron chi connectivity index (χ4n) is 3.94. The Labute approximate surface area is 160 Å². The van der Waals surface area contributed by atoms with Crippen LogP contribution in [0.2, 0.25) is 0 Å². The van der Waals surface area contributed by atoms with Gasteiger partial charge in [-0.15, -0.1) is 0 Å². The van der Waals surface area contributed by atoms with Gasteiger partial charge < -0.3 is 4.74 Å². The summed E-state index contributed by atoms with van der Waals surface area (Å²) in [6.45, 7) is 6.73. The Morgan fingerprint density at radius 3 is 2.38 bits per heavy atom. The summed E-state index contributed by atoms with van der Waals surface area (Å²) in [5.74, 6) is 0.775. The van der Waals surface area contributed by atoms with Crippen molar-refractivity contribution in [2.45, 2.75) is 56.8 Å². The lowest BCUT2D eigenvalue weighted by molar-refractivity contribution is 0.335. The summed E-state index contributed by atoms with van der Waals surface area (Å²) in [5.41, 5.74) is 2.89. The lowest BCUT2D eigenvalue weighted by atomic mass is 9.81. The highest BCUT2D eigenvalue weighted by Crippen LogP contribution is 2.41. The first kappa shape index (κ1) is 19.4. The average Bonchev–Trinajstić information content (AvgIpc) is 3.28. The van der Waals surface area contributed by atoms with Crippen LogP contribution in [0.3, 0.4) is 0 Å². The molecule has 0 spiro atoms. The fraction of sp³-hybridized carbons (Fsp3) is 0.500. The largest absolute Gasteiger partial charge is 0.493 e. The van der Waals surface area contributed by atoms with E-state index >= 15 is 0 Å². The summed E-state index contributed by atoms with van der Waals surface area (Å²) < 4.78 is 34.4. The van der Waals surface area contributed by atoms with E-state index in [1.165, 1.54) is 5.56 Å². The Hall–Kier alpha value is -1.37. The molecule has 0 unspecified atom stereocenters. The van der Waals surface area contributed by atoms with Crippen molar-refractivity contribution in [1.29, 1.82) is 0 Å². The van der Waals surface area contributed by atoms with Crippen LogP contribution in [0.15, 0.2) is 33.9 Å². The second-order valence-electron chi connectivity index (χ2n) is 7.14. The van der Waals surface area contributed by atoms with Crippen molar-refractivity contribution in [3.63, 3.8) is 0 Å². The lowest BCUT2D eigenvalue weighted by Gasteiger charge is -2.28. The van der Waals surface area contributed by atoms with E-state index in [2.05, 4.69) is 21.5 Å². The van der Waals surface area contributed by atoms with Crippen molar-refractivity contribution in [3.05, 3.63) is 45.6 Å². The molecule has 1 aliphatic rings. The molecule has 1 saturated carbocycles. The smallest absolute Gasteiger partial charge is 0.240 e. The number of sulfonamides is 1. The minimum atomic E-state index is -3.56. The molecule has 1 aliphatic carbocycles. The number of benzene rings is 1. The highest BCUT2D eigenvalue weighted by molar-refractivity contribution is 7.89. The molecule has 0 amide bonds. The van der Waals surface area contributed by atoms with E-state index in [-0.39, 0.29) is 5.41 Å². The van der Waals surface area contributed by atoms with Gasteiger partial charge in [0, 0.05) is 12.0 Å². The van der Waals surface area contributed by atoms with E-state index in [4.69, 9.17) is 4.74 Å². The Bertz CT molecular complexity index is 828. The first-order valence-corrected chi connectivity index (χ1v) is 11.6. The highest BCUT2D eigenvalue weighted by atomic mass is 32.2. The number of thiophene rings is 1. The van der Waals surface area contributed by atoms with Crippen LogP contribution in [0.4, 0.5) is 0 Å². The van der Waals surface area contributed by atoms with Crippen molar-refractivity contribution in [1.82, 2.24) is 4.72 Å². The first-order valence-electron chi connectivity index (χ1n) is 9.14. The molecule has 0 aliphatic heterocycles. The minimum Gasteiger partial charge on any atom is -0.493 e. The Kier molecular flexibility index (Phi) is 5.75. The number of hydrogen-bond acceptors (Lipinski definition) is 4. The predicted octanol–water partition coefficient (Wildman–Crippen LogP) is 4.55. The molecule has 142 valence electrons. The zero-order chi connectivity index (χ0) is 18.8. The van der Waals surface area contributed by atoms with Gasteiger partial charge in [0.25, 0.3) is 0 Å². The maximum absolute atomic E-state index is 12.9. The van der Waals surface area contributed by atoms with Gasteiger partial charge in [0.1, 0.15) is 5.75 Å². The SMILES string of the molecule is CCOc1c(C)cc(S(=O)(=O)NCC2(c3ccsc3)CCCC2)cc1C. The van der Waals surface area contributed by atoms with Gasteiger partial charge >= 0.3 is 0 Å². The minimum absolute atomic E-state index is 0.0670. The molecule has 6 heteroatoms. The quantitative estimate of drug-likeness (QED) is 0.750. The van der Waals surface area contributed by atoms with E-state index < -0.39 is 10.0 Å². The Balaban J connectivity index is 1.83. The van der Waals surface area contributed by atoms with Gasteiger partial charge in [0.05, 0.1) is 11.5 Å². The molecular weight excluding hydrogens is 366 g/mol. The van der Waals surface area contributed by atoms with Crippen molar-refractivity contribution >= 4 is 21.4 Å². The summed E-state index contributed by atoms with van der Waals surface area (Å²) in [6.07, 6.45) is 4.37. The van der Waals surface area contributed by atoms with Crippen LogP contribution in [-0.4, -0.2) is 21.6 Å². The van der Waals surface area contributed by atoms with Crippen molar-refractivity contribution in [2.24, 2.45) is 0 Å². The first-order chi connectivity index (χ1) is 12.4. The van der Waals surface area contributed by atoms with Crippen LogP contribution < -0.4 is 9.46 Å². The van der Waals surface area contributed by atoms with Crippen LogP contribution >= 0.6 is 11.3 Å². The van der Waals surface area contributed by atoms with Crippen LogP contribution in [0, 0.1) is 13.8 Å². The maximum atomic E-state index is 12.9. The third kappa shape index (κ3) is 3.82. The molecule has 1 heterocycles. The van der Waals surface area contributed by atoms with Gasteiger partial charge in [-0.1, -0.05) is 12.8 Å². The van der Waals surface area contributed by atoms with Crippen molar-refractivity contribution in [3.8, 4) is 5.75 Å². The number of ether oxygens (including phenoxy) is 1. The predicted molar refractivity (Wildman–Crippen MR) is 107 cm³/mol. The molecule has 0 saturated heterocycles. The molecule has 3 rings (SSSR count). The third-order valence-corrected chi connectivity index (χ3v) is 7.39. The Morgan fingerprint density at radius 2 is 1.85 bits per heavy atom. The lowest BCUT2D eigenvalue weighted by Crippen LogP contribution is -2.38. The zero-order valence-corrected chi connectivity index (χ0v) is 17.3. The van der Waals surface area contributed by atoms with Gasteiger partial charge in [-0.05, 0) is 79.3 Å². The summed E-state index contributed by atoms with van der Waals surface area (Å²) in [4.78, 5) is 0.314. The summed E-state index contributed by atoms with van der Waals surface area (Å²) in [6, 6.07) is 5.54. The van der Waals surface area contributed by atoms with Crippen LogP contribution in [0.25, 0.3) is 0 Å². The third-order valence-electron chi connectivity index (χ3n) is 5.33. The number of nitrogens with one attached hydrogen (secondary N) is 1. The van der Waals surface area contributed by atoms with E-state index in [0.29, 0.717) is 18.0 Å². The highest BCUT2D eigenvalue weighted by Gasteiger charge is 2.37. The van der Waals surface area contributed by atoms with E-state index in [9.17, 15) is 8.42 Å². The molecule has 1 aromatic carbocycles. The number of aryl methyl sites for hydroxylation is 2. The zero-order valence-electron chi connectivity index (χ0n) is 15.7. The van der Waals surface area contributed by atoms with Gasteiger partial charge in [-0.2, -0.15) is 11.3 Å². The molecule has 2 aromatic rings. The molecule has 1 aromatic heterocycles. The molecule has 1 fully saturated rings. The molecule has 26 heavy (non-hydrogen) atoms. The summed E-state index contributed by atoms with van der Waals surface area (Å²) in [7, 11) is -3.56. The average molecular weight is 394 g/mol.